The molecule has 7 rings (SSSR count). The van der Waals surface area contributed by atoms with Gasteiger partial charge in [-0.15, -0.1) is 0 Å². The van der Waals surface area contributed by atoms with E-state index in [1.54, 1.807) is 24.3 Å². The SMILES string of the molecule is COc1cc(N2C(=O)C3C4c5ccccc5C(C(=O)O)(c5ccccc54)C3C2=O)c(OC)cc1Cl. The number of anilines is 1. The summed E-state index contributed by atoms with van der Waals surface area (Å²) in [4.78, 5) is 42.5. The second-order valence-corrected chi connectivity index (χ2v) is 9.35. The number of carboxylic acid groups (broad SMARTS) is 1. The molecule has 3 aromatic carbocycles. The molecule has 8 heteroatoms. The lowest BCUT2D eigenvalue weighted by molar-refractivity contribution is -0.149. The Balaban J connectivity index is 1.65. The van der Waals surface area contributed by atoms with Gasteiger partial charge in [0.25, 0.3) is 0 Å². The largest absolute Gasteiger partial charge is 0.495 e. The molecule has 1 N–H and O–H groups in total. The van der Waals surface area contributed by atoms with E-state index in [0.717, 1.165) is 16.0 Å². The number of nitrogens with zero attached hydrogens (tertiary/aromatic N) is 1. The lowest BCUT2D eigenvalue weighted by Gasteiger charge is -2.51. The van der Waals surface area contributed by atoms with Crippen LogP contribution in [-0.4, -0.2) is 37.1 Å². The molecule has 1 aliphatic heterocycles. The van der Waals surface area contributed by atoms with E-state index < -0.39 is 41.0 Å². The van der Waals surface area contributed by atoms with Crippen LogP contribution in [-0.2, 0) is 19.8 Å². The Labute approximate surface area is 205 Å². The summed E-state index contributed by atoms with van der Waals surface area (Å²) >= 11 is 6.25. The molecular formula is C27H20ClNO6. The normalized spacial score (nSPS) is 25.7. The summed E-state index contributed by atoms with van der Waals surface area (Å²) in [5.74, 6) is -4.18. The van der Waals surface area contributed by atoms with E-state index in [1.165, 1.54) is 26.4 Å². The third-order valence-corrected chi connectivity index (χ3v) is 7.95. The number of amides is 2. The topological polar surface area (TPSA) is 93.1 Å². The lowest BCUT2D eigenvalue weighted by atomic mass is 9.47. The first-order valence-electron chi connectivity index (χ1n) is 11.1. The summed E-state index contributed by atoms with van der Waals surface area (Å²) in [7, 11) is 2.84. The van der Waals surface area contributed by atoms with Crippen molar-refractivity contribution in [1.29, 1.82) is 0 Å². The van der Waals surface area contributed by atoms with E-state index in [4.69, 9.17) is 21.1 Å². The molecule has 0 aromatic heterocycles. The molecule has 176 valence electrons. The van der Waals surface area contributed by atoms with Gasteiger partial charge < -0.3 is 14.6 Å². The monoisotopic (exact) mass is 489 g/mol. The van der Waals surface area contributed by atoms with Crippen molar-refractivity contribution in [2.75, 3.05) is 19.1 Å². The molecule has 2 unspecified atom stereocenters. The van der Waals surface area contributed by atoms with Gasteiger partial charge in [0.2, 0.25) is 11.8 Å². The fourth-order valence-corrected chi connectivity index (χ4v) is 6.62. The smallest absolute Gasteiger partial charge is 0.319 e. The number of hydrogen-bond acceptors (Lipinski definition) is 5. The Kier molecular flexibility index (Phi) is 4.54. The van der Waals surface area contributed by atoms with Crippen LogP contribution >= 0.6 is 11.6 Å². The van der Waals surface area contributed by atoms with E-state index in [0.29, 0.717) is 11.1 Å². The van der Waals surface area contributed by atoms with Crippen LogP contribution in [0.25, 0.3) is 0 Å². The number of imide groups is 1. The third kappa shape index (κ3) is 2.48. The number of ether oxygens (including phenoxy) is 2. The number of methoxy groups -OCH3 is 2. The van der Waals surface area contributed by atoms with Crippen molar-refractivity contribution in [2.24, 2.45) is 11.8 Å². The van der Waals surface area contributed by atoms with Crippen LogP contribution in [0.1, 0.15) is 28.2 Å². The van der Waals surface area contributed by atoms with Gasteiger partial charge in [0.1, 0.15) is 16.9 Å². The highest BCUT2D eigenvalue weighted by Gasteiger charge is 2.71. The highest BCUT2D eigenvalue weighted by atomic mass is 35.5. The summed E-state index contributed by atoms with van der Waals surface area (Å²) in [6.07, 6.45) is 0. The van der Waals surface area contributed by atoms with E-state index in [1.807, 2.05) is 24.3 Å². The van der Waals surface area contributed by atoms with Gasteiger partial charge in [-0.25, -0.2) is 4.90 Å². The van der Waals surface area contributed by atoms with E-state index in [2.05, 4.69) is 0 Å². The maximum atomic E-state index is 14.1. The molecule has 35 heavy (non-hydrogen) atoms. The molecule has 3 aromatic rings. The summed E-state index contributed by atoms with van der Waals surface area (Å²) in [6.45, 7) is 0. The van der Waals surface area contributed by atoms with Crippen molar-refractivity contribution in [3.8, 4) is 11.5 Å². The van der Waals surface area contributed by atoms with Crippen molar-refractivity contribution >= 4 is 35.1 Å². The number of benzene rings is 3. The van der Waals surface area contributed by atoms with E-state index in [9.17, 15) is 19.5 Å². The molecule has 0 radical (unpaired) electrons. The minimum atomic E-state index is -1.70. The van der Waals surface area contributed by atoms with Crippen molar-refractivity contribution in [2.45, 2.75) is 11.3 Å². The Bertz CT molecular complexity index is 1400. The molecule has 2 atom stereocenters. The third-order valence-electron chi connectivity index (χ3n) is 7.65. The van der Waals surface area contributed by atoms with Crippen LogP contribution in [0.4, 0.5) is 5.69 Å². The van der Waals surface area contributed by atoms with Crippen LogP contribution in [0.15, 0.2) is 60.7 Å². The Morgan fingerprint density at radius 2 is 1.49 bits per heavy atom. The maximum absolute atomic E-state index is 14.1. The van der Waals surface area contributed by atoms with Crippen molar-refractivity contribution in [1.82, 2.24) is 0 Å². The van der Waals surface area contributed by atoms with Crippen molar-refractivity contribution in [3.05, 3.63) is 87.9 Å². The Morgan fingerprint density at radius 3 is 2.03 bits per heavy atom. The van der Waals surface area contributed by atoms with Gasteiger partial charge in [0, 0.05) is 18.1 Å². The van der Waals surface area contributed by atoms with Gasteiger partial charge in [0.05, 0.1) is 36.8 Å². The van der Waals surface area contributed by atoms with Gasteiger partial charge in [0.15, 0.2) is 0 Å². The number of hydrogen-bond donors (Lipinski definition) is 1. The zero-order valence-electron chi connectivity index (χ0n) is 18.8. The number of carbonyl (C=O) groups is 3. The molecule has 1 saturated heterocycles. The molecule has 0 saturated carbocycles. The minimum absolute atomic E-state index is 0.172. The van der Waals surface area contributed by atoms with Crippen LogP contribution in [0.5, 0.6) is 11.5 Å². The molecule has 2 amide bonds. The van der Waals surface area contributed by atoms with Crippen LogP contribution in [0.2, 0.25) is 5.02 Å². The van der Waals surface area contributed by atoms with E-state index in [-0.39, 0.29) is 22.2 Å². The predicted octanol–water partition coefficient (Wildman–Crippen LogP) is 3.99. The van der Waals surface area contributed by atoms with Crippen LogP contribution in [0, 0.1) is 11.8 Å². The number of rotatable bonds is 4. The maximum Gasteiger partial charge on any atom is 0.319 e. The molecule has 3 aliphatic carbocycles. The predicted molar refractivity (Wildman–Crippen MR) is 127 cm³/mol. The van der Waals surface area contributed by atoms with Gasteiger partial charge in [-0.05, 0) is 22.3 Å². The first kappa shape index (κ1) is 21.7. The number of carboxylic acids is 1. The Hall–Kier alpha value is -3.84. The average molecular weight is 490 g/mol. The highest BCUT2D eigenvalue weighted by molar-refractivity contribution is 6.33. The summed E-state index contributed by atoms with van der Waals surface area (Å²) in [6, 6.07) is 17.4. The van der Waals surface area contributed by atoms with Crippen molar-refractivity contribution in [3.63, 3.8) is 0 Å². The first-order chi connectivity index (χ1) is 16.9. The zero-order chi connectivity index (χ0) is 24.6. The number of halogens is 1. The molecule has 7 nitrogen and oxygen atoms in total. The van der Waals surface area contributed by atoms with E-state index >= 15 is 0 Å². The molecule has 2 bridgehead atoms. The van der Waals surface area contributed by atoms with Crippen LogP contribution in [0.3, 0.4) is 0 Å². The highest BCUT2D eigenvalue weighted by Crippen LogP contribution is 2.64. The first-order valence-corrected chi connectivity index (χ1v) is 11.5. The Morgan fingerprint density at radius 1 is 0.914 bits per heavy atom. The molecule has 0 spiro atoms. The average Bonchev–Trinajstić information content (AvgIpc) is 3.14. The van der Waals surface area contributed by atoms with Gasteiger partial charge in [-0.3, -0.25) is 14.4 Å². The fourth-order valence-electron chi connectivity index (χ4n) is 6.39. The molecule has 1 fully saturated rings. The summed E-state index contributed by atoms with van der Waals surface area (Å²) in [5.41, 5.74) is 1.11. The lowest BCUT2D eigenvalue weighted by Crippen LogP contribution is -2.57. The van der Waals surface area contributed by atoms with Gasteiger partial charge >= 0.3 is 5.97 Å². The van der Waals surface area contributed by atoms with Gasteiger partial charge in [-0.2, -0.15) is 0 Å². The summed E-state index contributed by atoms with van der Waals surface area (Å²) < 4.78 is 10.8. The number of carbonyl (C=O) groups excluding carboxylic acids is 2. The van der Waals surface area contributed by atoms with Crippen LogP contribution < -0.4 is 14.4 Å². The second-order valence-electron chi connectivity index (χ2n) is 8.94. The minimum Gasteiger partial charge on any atom is -0.495 e. The zero-order valence-corrected chi connectivity index (χ0v) is 19.6. The fraction of sp³-hybridized carbons (Fsp3) is 0.222. The summed E-state index contributed by atoms with van der Waals surface area (Å²) in [5, 5.41) is 11.0. The van der Waals surface area contributed by atoms with Crippen molar-refractivity contribution < 1.29 is 29.0 Å². The molecule has 1 heterocycles. The molecular weight excluding hydrogens is 470 g/mol. The van der Waals surface area contributed by atoms with Gasteiger partial charge in [-0.1, -0.05) is 60.1 Å². The second kappa shape index (κ2) is 7.33. The quantitative estimate of drug-likeness (QED) is 0.557. The molecule has 4 aliphatic rings. The number of aliphatic carboxylic acids is 1. The standard InChI is InChI=1S/C27H20ClNO6/c1-34-19-12-18(20(35-2)11-17(19)28)29-24(30)22-21-13-7-3-5-9-15(13)27(26(32)33,23(22)25(29)31)16-10-6-4-8-14(16)21/h3-12,21-23H,1-2H3,(H,32,33).